The zero-order valence-corrected chi connectivity index (χ0v) is 17.7. The Bertz CT molecular complexity index is 1220. The fourth-order valence-electron chi connectivity index (χ4n) is 2.92. The second-order valence-electron chi connectivity index (χ2n) is 7.21. The number of ether oxygens (including phenoxy) is 1. The Hall–Kier alpha value is -4.44. The SMILES string of the molecule is Cc1ccc(NC(=O)/C(C#N)=C/c2ccc(OCc3cccc([N+](=O)[O-])c3)cc2)cc1C. The molecule has 0 atom stereocenters. The van der Waals surface area contributed by atoms with Crippen molar-refractivity contribution in [3.8, 4) is 11.8 Å². The number of hydrogen-bond acceptors (Lipinski definition) is 5. The molecule has 0 saturated heterocycles. The van der Waals surface area contributed by atoms with Crippen LogP contribution in [0.2, 0.25) is 0 Å². The van der Waals surface area contributed by atoms with Crippen molar-refractivity contribution < 1.29 is 14.5 Å². The van der Waals surface area contributed by atoms with E-state index in [1.807, 2.05) is 32.0 Å². The Morgan fingerprint density at radius 3 is 2.50 bits per heavy atom. The first-order valence-corrected chi connectivity index (χ1v) is 9.82. The molecule has 0 aliphatic heterocycles. The van der Waals surface area contributed by atoms with E-state index in [1.165, 1.54) is 18.2 Å². The van der Waals surface area contributed by atoms with Gasteiger partial charge in [0.25, 0.3) is 11.6 Å². The lowest BCUT2D eigenvalue weighted by Crippen LogP contribution is -2.13. The van der Waals surface area contributed by atoms with Gasteiger partial charge >= 0.3 is 0 Å². The fourth-order valence-corrected chi connectivity index (χ4v) is 2.92. The molecule has 1 amide bonds. The number of nitriles is 1. The number of hydrogen-bond donors (Lipinski definition) is 1. The Morgan fingerprint density at radius 2 is 1.84 bits per heavy atom. The first kappa shape index (κ1) is 22.2. The van der Waals surface area contributed by atoms with E-state index in [9.17, 15) is 20.2 Å². The third-order valence-corrected chi connectivity index (χ3v) is 4.85. The molecule has 0 bridgehead atoms. The van der Waals surface area contributed by atoms with Crippen molar-refractivity contribution in [1.82, 2.24) is 0 Å². The third-order valence-electron chi connectivity index (χ3n) is 4.85. The predicted octanol–water partition coefficient (Wildman–Crippen LogP) is 5.34. The van der Waals surface area contributed by atoms with Crippen LogP contribution in [-0.4, -0.2) is 10.8 Å². The summed E-state index contributed by atoms with van der Waals surface area (Å²) < 4.78 is 5.67. The summed E-state index contributed by atoms with van der Waals surface area (Å²) in [6, 6.07) is 20.6. The number of nitrogens with zero attached hydrogens (tertiary/aromatic N) is 2. The molecule has 1 N–H and O–H groups in total. The molecule has 3 rings (SSSR count). The number of carbonyl (C=O) groups is 1. The molecule has 7 heteroatoms. The Balaban J connectivity index is 1.65. The summed E-state index contributed by atoms with van der Waals surface area (Å²) in [5.74, 6) is 0.0773. The van der Waals surface area contributed by atoms with Gasteiger partial charge in [0.05, 0.1) is 4.92 Å². The quantitative estimate of drug-likeness (QED) is 0.237. The number of anilines is 1. The number of nitro groups is 1. The van der Waals surface area contributed by atoms with Crippen molar-refractivity contribution in [1.29, 1.82) is 5.26 Å². The van der Waals surface area contributed by atoms with Gasteiger partial charge in [-0.15, -0.1) is 0 Å². The van der Waals surface area contributed by atoms with Crippen molar-refractivity contribution in [2.45, 2.75) is 20.5 Å². The molecule has 0 unspecified atom stereocenters. The molecule has 0 aliphatic carbocycles. The summed E-state index contributed by atoms with van der Waals surface area (Å²) in [6.07, 6.45) is 1.50. The summed E-state index contributed by atoms with van der Waals surface area (Å²) in [6.45, 7) is 4.12. The highest BCUT2D eigenvalue weighted by atomic mass is 16.6. The van der Waals surface area contributed by atoms with E-state index in [-0.39, 0.29) is 17.9 Å². The van der Waals surface area contributed by atoms with Gasteiger partial charge in [-0.3, -0.25) is 14.9 Å². The van der Waals surface area contributed by atoms with Crippen LogP contribution >= 0.6 is 0 Å². The summed E-state index contributed by atoms with van der Waals surface area (Å²) in [5, 5.41) is 23.0. The number of rotatable bonds is 7. The van der Waals surface area contributed by atoms with Gasteiger partial charge in [-0.25, -0.2) is 0 Å². The lowest BCUT2D eigenvalue weighted by molar-refractivity contribution is -0.384. The fraction of sp³-hybridized carbons (Fsp3) is 0.120. The van der Waals surface area contributed by atoms with Crippen LogP contribution in [0.1, 0.15) is 22.3 Å². The lowest BCUT2D eigenvalue weighted by atomic mass is 10.1. The molecule has 32 heavy (non-hydrogen) atoms. The highest BCUT2D eigenvalue weighted by Crippen LogP contribution is 2.19. The smallest absolute Gasteiger partial charge is 0.269 e. The standard InChI is InChI=1S/C25H21N3O4/c1-17-6-9-22(12-18(17)2)27-25(29)21(15-26)13-19-7-10-24(11-8-19)32-16-20-4-3-5-23(14-20)28(30)31/h3-14H,16H2,1-2H3,(H,27,29)/b21-13+. The molecule has 0 fully saturated rings. The molecule has 0 saturated carbocycles. The number of aryl methyl sites for hydroxylation is 2. The predicted molar refractivity (Wildman–Crippen MR) is 122 cm³/mol. The summed E-state index contributed by atoms with van der Waals surface area (Å²) in [7, 11) is 0. The highest BCUT2D eigenvalue weighted by molar-refractivity contribution is 6.09. The second kappa shape index (κ2) is 10.0. The van der Waals surface area contributed by atoms with Crippen molar-refractivity contribution in [3.63, 3.8) is 0 Å². The van der Waals surface area contributed by atoms with Gasteiger partial charge in [0.2, 0.25) is 0 Å². The normalized spacial score (nSPS) is 10.8. The summed E-state index contributed by atoms with van der Waals surface area (Å²) >= 11 is 0. The van der Waals surface area contributed by atoms with E-state index in [4.69, 9.17) is 4.74 Å². The summed E-state index contributed by atoms with van der Waals surface area (Å²) in [4.78, 5) is 22.9. The van der Waals surface area contributed by atoms with E-state index in [0.29, 0.717) is 22.6 Å². The average molecular weight is 427 g/mol. The Kier molecular flexibility index (Phi) is 6.99. The number of nitrogens with one attached hydrogen (secondary N) is 1. The van der Waals surface area contributed by atoms with Crippen LogP contribution in [0.5, 0.6) is 5.75 Å². The van der Waals surface area contributed by atoms with Crippen LogP contribution in [0.3, 0.4) is 0 Å². The highest BCUT2D eigenvalue weighted by Gasteiger charge is 2.10. The number of benzene rings is 3. The molecule has 7 nitrogen and oxygen atoms in total. The zero-order valence-electron chi connectivity index (χ0n) is 17.7. The monoisotopic (exact) mass is 427 g/mol. The zero-order chi connectivity index (χ0) is 23.1. The van der Waals surface area contributed by atoms with Crippen LogP contribution in [0.4, 0.5) is 11.4 Å². The number of carbonyl (C=O) groups excluding carboxylic acids is 1. The van der Waals surface area contributed by atoms with Crippen LogP contribution in [0, 0.1) is 35.3 Å². The molecule has 0 aromatic heterocycles. The number of nitro benzene ring substituents is 1. The molecule has 0 spiro atoms. The van der Waals surface area contributed by atoms with E-state index in [0.717, 1.165) is 11.1 Å². The van der Waals surface area contributed by atoms with Gasteiger partial charge in [0.1, 0.15) is 24.0 Å². The topological polar surface area (TPSA) is 105 Å². The van der Waals surface area contributed by atoms with Crippen molar-refractivity contribution in [3.05, 3.63) is 105 Å². The molecular formula is C25H21N3O4. The van der Waals surface area contributed by atoms with Gasteiger partial charge in [-0.1, -0.05) is 30.3 Å². The van der Waals surface area contributed by atoms with Gasteiger partial charge in [0, 0.05) is 17.8 Å². The van der Waals surface area contributed by atoms with Crippen LogP contribution in [0.25, 0.3) is 6.08 Å². The maximum atomic E-state index is 12.5. The molecule has 3 aromatic carbocycles. The first-order chi connectivity index (χ1) is 15.4. The summed E-state index contributed by atoms with van der Waals surface area (Å²) in [5.41, 5.74) is 4.13. The lowest BCUT2D eigenvalue weighted by Gasteiger charge is -2.08. The minimum absolute atomic E-state index is 0.00897. The maximum absolute atomic E-state index is 12.5. The third kappa shape index (κ3) is 5.80. The van der Waals surface area contributed by atoms with Crippen LogP contribution in [-0.2, 0) is 11.4 Å². The van der Waals surface area contributed by atoms with Crippen LogP contribution < -0.4 is 10.1 Å². The molecule has 0 radical (unpaired) electrons. The second-order valence-corrected chi connectivity index (χ2v) is 7.21. The Morgan fingerprint density at radius 1 is 1.09 bits per heavy atom. The van der Waals surface area contributed by atoms with E-state index in [2.05, 4.69) is 5.32 Å². The van der Waals surface area contributed by atoms with E-state index in [1.54, 1.807) is 42.5 Å². The van der Waals surface area contributed by atoms with Crippen LogP contribution in [0.15, 0.2) is 72.3 Å². The average Bonchev–Trinajstić information content (AvgIpc) is 2.79. The van der Waals surface area contributed by atoms with Gasteiger partial charge in [0.15, 0.2) is 0 Å². The minimum Gasteiger partial charge on any atom is -0.489 e. The molecular weight excluding hydrogens is 406 g/mol. The largest absolute Gasteiger partial charge is 0.489 e. The molecule has 3 aromatic rings. The van der Waals surface area contributed by atoms with E-state index < -0.39 is 10.8 Å². The van der Waals surface area contributed by atoms with Crippen molar-refractivity contribution >= 4 is 23.4 Å². The van der Waals surface area contributed by atoms with Gasteiger partial charge < -0.3 is 10.1 Å². The van der Waals surface area contributed by atoms with Gasteiger partial charge in [-0.05, 0) is 66.4 Å². The molecule has 0 heterocycles. The number of amides is 1. The molecule has 0 aliphatic rings. The minimum atomic E-state index is -0.484. The van der Waals surface area contributed by atoms with Crippen molar-refractivity contribution in [2.24, 2.45) is 0 Å². The van der Waals surface area contributed by atoms with Crippen molar-refractivity contribution in [2.75, 3.05) is 5.32 Å². The Labute approximate surface area is 185 Å². The van der Waals surface area contributed by atoms with E-state index >= 15 is 0 Å². The maximum Gasteiger partial charge on any atom is 0.269 e. The number of non-ortho nitro benzene ring substituents is 1. The first-order valence-electron chi connectivity index (χ1n) is 9.82. The molecule has 160 valence electrons. The van der Waals surface area contributed by atoms with Gasteiger partial charge in [-0.2, -0.15) is 5.26 Å².